The van der Waals surface area contributed by atoms with Gasteiger partial charge in [0.25, 0.3) is 0 Å². The lowest BCUT2D eigenvalue weighted by Gasteiger charge is -2.40. The van der Waals surface area contributed by atoms with Crippen molar-refractivity contribution in [1.29, 1.82) is 0 Å². The third kappa shape index (κ3) is 2.73. The lowest BCUT2D eigenvalue weighted by molar-refractivity contribution is -0.875. The maximum absolute atomic E-state index is 12.4. The summed E-state index contributed by atoms with van der Waals surface area (Å²) in [7, 11) is 0. The van der Waals surface area contributed by atoms with Crippen LogP contribution in [0.5, 0.6) is 0 Å². The van der Waals surface area contributed by atoms with Gasteiger partial charge in [-0.25, -0.2) is 4.79 Å². The summed E-state index contributed by atoms with van der Waals surface area (Å²) < 4.78 is 4.96. The highest BCUT2D eigenvalue weighted by Gasteiger charge is 2.47. The predicted molar refractivity (Wildman–Crippen MR) is 76.9 cm³/mol. The highest BCUT2D eigenvalue weighted by molar-refractivity contribution is 5.80. The van der Waals surface area contributed by atoms with Crippen LogP contribution in [0.3, 0.4) is 0 Å². The highest BCUT2D eigenvalue weighted by atomic mass is 16.6. The van der Waals surface area contributed by atoms with E-state index in [4.69, 9.17) is 4.74 Å². The Labute approximate surface area is 125 Å². The number of hydrogen-bond acceptors (Lipinski definition) is 5. The smallest absolute Gasteiger partial charge is 0.341 e. The molecule has 21 heavy (non-hydrogen) atoms. The average molecular weight is 299 g/mol. The van der Waals surface area contributed by atoms with E-state index in [1.807, 2.05) is 6.08 Å². The molecule has 0 saturated carbocycles. The van der Waals surface area contributed by atoms with Gasteiger partial charge in [-0.1, -0.05) is 13.8 Å². The second-order valence-corrected chi connectivity index (χ2v) is 6.53. The SMILES string of the molecule is CC(C)[C@](O)(C(=O)OCC1=CC[N@@+]2([O-])CCC[C@@H]12)[C@@H](C)O. The monoisotopic (exact) mass is 299 g/mol. The fourth-order valence-corrected chi connectivity index (χ4v) is 3.37. The number of fused-ring (bicyclic) bond motifs is 1. The van der Waals surface area contributed by atoms with Gasteiger partial charge in [0.15, 0.2) is 5.60 Å². The molecule has 0 unspecified atom stereocenters. The summed E-state index contributed by atoms with van der Waals surface area (Å²) in [6, 6.07) is -0.114. The first-order valence-electron chi connectivity index (χ1n) is 7.56. The molecule has 6 heteroatoms. The number of carbonyl (C=O) groups is 1. The Morgan fingerprint density at radius 1 is 1.57 bits per heavy atom. The first-order chi connectivity index (χ1) is 9.71. The minimum atomic E-state index is -1.92. The quantitative estimate of drug-likeness (QED) is 0.338. The Bertz CT molecular complexity index is 437. The normalized spacial score (nSPS) is 32.5. The van der Waals surface area contributed by atoms with Crippen molar-refractivity contribution in [2.75, 3.05) is 19.7 Å². The summed E-state index contributed by atoms with van der Waals surface area (Å²) in [6.45, 7) is 5.74. The second kappa shape index (κ2) is 5.68. The molecular formula is C15H25NO5. The van der Waals surface area contributed by atoms with Gasteiger partial charge in [0.05, 0.1) is 19.2 Å². The largest absolute Gasteiger partial charge is 0.632 e. The molecule has 2 heterocycles. The third-order valence-electron chi connectivity index (χ3n) is 4.89. The molecule has 2 rings (SSSR count). The van der Waals surface area contributed by atoms with Crippen molar-refractivity contribution in [1.82, 2.24) is 0 Å². The van der Waals surface area contributed by atoms with E-state index in [9.17, 15) is 20.2 Å². The number of aliphatic hydroxyl groups excluding tert-OH is 1. The van der Waals surface area contributed by atoms with E-state index in [1.54, 1.807) is 13.8 Å². The Morgan fingerprint density at radius 3 is 2.81 bits per heavy atom. The zero-order valence-electron chi connectivity index (χ0n) is 12.9. The summed E-state index contributed by atoms with van der Waals surface area (Å²) in [5.41, 5.74) is -1.08. The van der Waals surface area contributed by atoms with E-state index >= 15 is 0 Å². The molecular weight excluding hydrogens is 274 g/mol. The maximum Gasteiger partial charge on any atom is 0.341 e. The number of ether oxygens (including phenoxy) is 1. The zero-order valence-corrected chi connectivity index (χ0v) is 12.9. The molecule has 0 aromatic carbocycles. The average Bonchev–Trinajstić information content (AvgIpc) is 2.91. The fourth-order valence-electron chi connectivity index (χ4n) is 3.37. The molecule has 120 valence electrons. The van der Waals surface area contributed by atoms with Gasteiger partial charge >= 0.3 is 5.97 Å². The van der Waals surface area contributed by atoms with Crippen molar-refractivity contribution in [3.8, 4) is 0 Å². The number of hydroxylamine groups is 3. The molecule has 2 N–H and O–H groups in total. The van der Waals surface area contributed by atoms with Crippen molar-refractivity contribution < 1.29 is 24.4 Å². The Hall–Kier alpha value is -0.950. The molecule has 6 nitrogen and oxygen atoms in total. The minimum Gasteiger partial charge on any atom is -0.632 e. The molecule has 1 fully saturated rings. The first kappa shape index (κ1) is 16.4. The third-order valence-corrected chi connectivity index (χ3v) is 4.89. The number of nitrogens with zero attached hydrogens (tertiary/aromatic N) is 1. The minimum absolute atomic E-state index is 0.0213. The fraction of sp³-hybridized carbons (Fsp3) is 0.800. The van der Waals surface area contributed by atoms with Gasteiger partial charge in [-0.2, -0.15) is 0 Å². The van der Waals surface area contributed by atoms with Crippen molar-refractivity contribution >= 4 is 5.97 Å². The van der Waals surface area contributed by atoms with E-state index in [0.29, 0.717) is 13.1 Å². The Morgan fingerprint density at radius 2 is 2.24 bits per heavy atom. The summed E-state index contributed by atoms with van der Waals surface area (Å²) in [5, 5.41) is 32.4. The molecule has 2 aliphatic rings. The van der Waals surface area contributed by atoms with E-state index in [2.05, 4.69) is 0 Å². The molecule has 0 amide bonds. The Balaban J connectivity index is 1.99. The molecule has 0 aromatic rings. The molecule has 0 spiro atoms. The van der Waals surface area contributed by atoms with Crippen LogP contribution in [0.15, 0.2) is 11.6 Å². The Kier molecular flexibility index (Phi) is 4.44. The van der Waals surface area contributed by atoms with Gasteiger partial charge < -0.3 is 24.8 Å². The number of esters is 1. The van der Waals surface area contributed by atoms with Crippen molar-refractivity contribution in [2.24, 2.45) is 5.92 Å². The zero-order chi connectivity index (χ0) is 15.8. The second-order valence-electron chi connectivity index (χ2n) is 6.53. The lowest BCUT2D eigenvalue weighted by atomic mass is 9.85. The number of quaternary nitrogens is 1. The van der Waals surface area contributed by atoms with Crippen LogP contribution in [0.25, 0.3) is 0 Å². The van der Waals surface area contributed by atoms with Gasteiger partial charge in [-0.3, -0.25) is 0 Å². The van der Waals surface area contributed by atoms with Crippen LogP contribution in [0, 0.1) is 11.1 Å². The number of carbonyl (C=O) groups excluding carboxylic acids is 1. The molecule has 0 radical (unpaired) electrons. The molecule has 0 aliphatic carbocycles. The van der Waals surface area contributed by atoms with Crippen molar-refractivity contribution in [3.63, 3.8) is 0 Å². The summed E-state index contributed by atoms with van der Waals surface area (Å²) >= 11 is 0. The van der Waals surface area contributed by atoms with Crippen LogP contribution in [-0.2, 0) is 9.53 Å². The van der Waals surface area contributed by atoms with E-state index in [-0.39, 0.29) is 17.3 Å². The van der Waals surface area contributed by atoms with E-state index < -0.39 is 23.6 Å². The van der Waals surface area contributed by atoms with Gasteiger partial charge in [0.1, 0.15) is 12.6 Å². The van der Waals surface area contributed by atoms with Crippen molar-refractivity contribution in [2.45, 2.75) is 51.4 Å². The maximum atomic E-state index is 12.4. The van der Waals surface area contributed by atoms with Crippen LogP contribution in [-0.4, -0.2) is 58.3 Å². The standard InChI is InChI=1S/C15H25NO5/c1-10(2)15(19,11(3)17)14(18)21-9-12-6-8-16(20)7-4-5-13(12)16/h6,10-11,13,17,19H,4-5,7-9H2,1-3H3/t11-,13+,15-,16+/m1/s1. The van der Waals surface area contributed by atoms with E-state index in [0.717, 1.165) is 18.4 Å². The number of hydrogen-bond donors (Lipinski definition) is 2. The van der Waals surface area contributed by atoms with Crippen LogP contribution < -0.4 is 0 Å². The lowest BCUT2D eigenvalue weighted by Crippen LogP contribution is -2.53. The summed E-state index contributed by atoms with van der Waals surface area (Å²) in [4.78, 5) is 12.1. The summed E-state index contributed by atoms with van der Waals surface area (Å²) in [5.74, 6) is -1.30. The van der Waals surface area contributed by atoms with Crippen molar-refractivity contribution in [3.05, 3.63) is 16.9 Å². The molecule has 1 saturated heterocycles. The molecule has 2 aliphatic heterocycles. The van der Waals surface area contributed by atoms with Crippen LogP contribution in [0.1, 0.15) is 33.6 Å². The van der Waals surface area contributed by atoms with Gasteiger partial charge in [-0.05, 0) is 18.9 Å². The van der Waals surface area contributed by atoms with Gasteiger partial charge in [-0.15, -0.1) is 0 Å². The summed E-state index contributed by atoms with van der Waals surface area (Å²) in [6.07, 6.45) is 2.34. The topological polar surface area (TPSA) is 89.8 Å². The van der Waals surface area contributed by atoms with Crippen LogP contribution in [0.2, 0.25) is 0 Å². The molecule has 0 bridgehead atoms. The van der Waals surface area contributed by atoms with Gasteiger partial charge in [0.2, 0.25) is 0 Å². The van der Waals surface area contributed by atoms with E-state index in [1.165, 1.54) is 6.92 Å². The van der Waals surface area contributed by atoms with Crippen LogP contribution in [0.4, 0.5) is 0 Å². The molecule has 0 aromatic heterocycles. The first-order valence-corrected chi connectivity index (χ1v) is 7.56. The highest BCUT2D eigenvalue weighted by Crippen LogP contribution is 2.36. The van der Waals surface area contributed by atoms with Gasteiger partial charge in [0, 0.05) is 18.4 Å². The predicted octanol–water partition coefficient (Wildman–Crippen LogP) is 0.714. The number of aliphatic hydroxyl groups is 2. The number of rotatable bonds is 5. The molecule has 4 atom stereocenters. The van der Waals surface area contributed by atoms with Crippen LogP contribution >= 0.6 is 0 Å².